The number of hydrogen-bond donors (Lipinski definition) is 1. The molecule has 0 saturated heterocycles. The first-order valence-electron chi connectivity index (χ1n) is 7.65. The van der Waals surface area contributed by atoms with Crippen LogP contribution in [0.25, 0.3) is 0 Å². The van der Waals surface area contributed by atoms with Crippen molar-refractivity contribution >= 4 is 28.8 Å². The average molecular weight is 358 g/mol. The van der Waals surface area contributed by atoms with Gasteiger partial charge in [0.25, 0.3) is 0 Å². The van der Waals surface area contributed by atoms with Gasteiger partial charge in [-0.1, -0.05) is 72.4 Å². The molecular weight excluding hydrogens is 340 g/mol. The highest BCUT2D eigenvalue weighted by Crippen LogP contribution is 2.26. The minimum Gasteiger partial charge on any atom is -0.478 e. The fraction of sp³-hybridized carbons (Fsp3) is 0.211. The molecule has 2 aromatic carbocycles. The van der Waals surface area contributed by atoms with E-state index in [1.54, 1.807) is 54.6 Å². The minimum atomic E-state index is -1.39. The Morgan fingerprint density at radius 1 is 0.960 bits per heavy atom. The van der Waals surface area contributed by atoms with Crippen LogP contribution < -0.4 is 0 Å². The maximum Gasteiger partial charge on any atom is 0.349 e. The van der Waals surface area contributed by atoms with Gasteiger partial charge in [-0.3, -0.25) is 9.59 Å². The third-order valence-electron chi connectivity index (χ3n) is 3.50. The number of rotatable bonds is 7. The summed E-state index contributed by atoms with van der Waals surface area (Å²) in [6.45, 7) is 1.42. The lowest BCUT2D eigenvalue weighted by Crippen LogP contribution is -2.25. The Morgan fingerprint density at radius 3 is 1.96 bits per heavy atom. The molecule has 0 radical (unpaired) electrons. The van der Waals surface area contributed by atoms with E-state index >= 15 is 0 Å². The van der Waals surface area contributed by atoms with Crippen molar-refractivity contribution in [3.8, 4) is 0 Å². The number of ether oxygens (including phenoxy) is 1. The number of esters is 1. The molecule has 0 aliphatic carbocycles. The van der Waals surface area contributed by atoms with Crippen LogP contribution in [0, 0.1) is 0 Å². The van der Waals surface area contributed by atoms with E-state index in [9.17, 15) is 19.5 Å². The van der Waals surface area contributed by atoms with Crippen molar-refractivity contribution < 1.29 is 24.2 Å². The van der Waals surface area contributed by atoms with Gasteiger partial charge in [-0.2, -0.15) is 0 Å². The summed E-state index contributed by atoms with van der Waals surface area (Å²) in [6.07, 6.45) is -1.39. The van der Waals surface area contributed by atoms with Crippen LogP contribution >= 0.6 is 11.8 Å². The van der Waals surface area contributed by atoms with Crippen molar-refractivity contribution in [3.63, 3.8) is 0 Å². The van der Waals surface area contributed by atoms with E-state index in [1.807, 2.05) is 6.07 Å². The van der Waals surface area contributed by atoms with E-state index in [1.165, 1.54) is 6.92 Å². The van der Waals surface area contributed by atoms with E-state index < -0.39 is 24.0 Å². The van der Waals surface area contributed by atoms with Crippen molar-refractivity contribution in [2.24, 2.45) is 0 Å². The molecule has 2 atom stereocenters. The summed E-state index contributed by atoms with van der Waals surface area (Å²) in [5.74, 6) is -2.44. The van der Waals surface area contributed by atoms with Crippen LogP contribution in [0.1, 0.15) is 30.1 Å². The molecule has 0 spiro atoms. The molecule has 0 heterocycles. The van der Waals surface area contributed by atoms with Crippen LogP contribution in [0.3, 0.4) is 0 Å². The lowest BCUT2D eigenvalue weighted by molar-refractivity contribution is -0.165. The fourth-order valence-corrected chi connectivity index (χ4v) is 3.00. The van der Waals surface area contributed by atoms with Gasteiger partial charge in [0.05, 0.1) is 5.92 Å². The van der Waals surface area contributed by atoms with E-state index in [-0.39, 0.29) is 10.9 Å². The normalized spacial score (nSPS) is 12.8. The molecule has 0 amide bonds. The van der Waals surface area contributed by atoms with Crippen molar-refractivity contribution in [2.45, 2.75) is 18.9 Å². The fourth-order valence-electron chi connectivity index (χ4n) is 2.27. The van der Waals surface area contributed by atoms with Crippen LogP contribution in [0.2, 0.25) is 0 Å². The van der Waals surface area contributed by atoms with Gasteiger partial charge >= 0.3 is 11.9 Å². The Hall–Kier alpha value is -2.60. The monoisotopic (exact) mass is 358 g/mol. The number of hydrogen-bond acceptors (Lipinski definition) is 5. The Kier molecular flexibility index (Phi) is 6.77. The Morgan fingerprint density at radius 2 is 1.48 bits per heavy atom. The van der Waals surface area contributed by atoms with Crippen LogP contribution in [-0.4, -0.2) is 27.9 Å². The minimum absolute atomic E-state index is 0.119. The zero-order valence-corrected chi connectivity index (χ0v) is 14.4. The number of carbonyl (C=O) groups is 3. The molecule has 0 aliphatic rings. The second-order valence-electron chi connectivity index (χ2n) is 5.33. The topological polar surface area (TPSA) is 80.7 Å². The number of carboxylic acids is 1. The maximum atomic E-state index is 12.6. The van der Waals surface area contributed by atoms with E-state index in [0.717, 1.165) is 11.8 Å². The summed E-state index contributed by atoms with van der Waals surface area (Å²) in [5.41, 5.74) is 1.06. The number of thioether (sulfide) groups is 1. The molecule has 6 heteroatoms. The summed E-state index contributed by atoms with van der Waals surface area (Å²) in [5, 5.41) is 9.29. The van der Waals surface area contributed by atoms with Gasteiger partial charge < -0.3 is 9.84 Å². The predicted molar refractivity (Wildman–Crippen MR) is 95.2 cm³/mol. The predicted octanol–water partition coefficient (Wildman–Crippen LogP) is 3.42. The average Bonchev–Trinajstić information content (AvgIpc) is 2.61. The van der Waals surface area contributed by atoms with Gasteiger partial charge in [-0.15, -0.1) is 0 Å². The summed E-state index contributed by atoms with van der Waals surface area (Å²) in [4.78, 5) is 35.4. The van der Waals surface area contributed by atoms with Gasteiger partial charge in [-0.25, -0.2) is 4.79 Å². The van der Waals surface area contributed by atoms with Gasteiger partial charge in [-0.05, 0) is 5.56 Å². The summed E-state index contributed by atoms with van der Waals surface area (Å²) in [6, 6.07) is 17.2. The lowest BCUT2D eigenvalue weighted by atomic mass is 10.0. The highest BCUT2D eigenvalue weighted by Gasteiger charge is 2.30. The zero-order chi connectivity index (χ0) is 18.2. The second kappa shape index (κ2) is 9.03. The highest BCUT2D eigenvalue weighted by molar-refractivity contribution is 8.13. The van der Waals surface area contributed by atoms with Crippen LogP contribution in [0.4, 0.5) is 0 Å². The molecule has 0 bridgehead atoms. The molecule has 130 valence electrons. The van der Waals surface area contributed by atoms with Crippen molar-refractivity contribution in [3.05, 3.63) is 71.8 Å². The Labute approximate surface area is 150 Å². The lowest BCUT2D eigenvalue weighted by Gasteiger charge is -2.19. The zero-order valence-electron chi connectivity index (χ0n) is 13.6. The number of benzene rings is 2. The molecule has 25 heavy (non-hydrogen) atoms. The molecule has 5 nitrogen and oxygen atoms in total. The molecule has 2 rings (SSSR count). The summed E-state index contributed by atoms with van der Waals surface area (Å²) >= 11 is 1.01. The maximum absolute atomic E-state index is 12.6. The standard InChI is InChI=1S/C19H18O5S/c1-13(20)25-12-16(14-8-4-2-5-9-14)19(23)24-17(18(21)22)15-10-6-3-7-11-15/h2-11,16-17H,12H2,1H3,(H,21,22). The van der Waals surface area contributed by atoms with Gasteiger partial charge in [0.15, 0.2) is 5.12 Å². The molecule has 0 aromatic heterocycles. The first-order chi connectivity index (χ1) is 12.0. The molecule has 2 aromatic rings. The summed E-state index contributed by atoms with van der Waals surface area (Å²) in [7, 11) is 0. The van der Waals surface area contributed by atoms with Gasteiger partial charge in [0, 0.05) is 18.2 Å². The van der Waals surface area contributed by atoms with Gasteiger partial charge in [0.1, 0.15) is 0 Å². The Balaban J connectivity index is 2.22. The number of carbonyl (C=O) groups excluding carboxylic acids is 2. The first-order valence-corrected chi connectivity index (χ1v) is 8.64. The van der Waals surface area contributed by atoms with Crippen LogP contribution in [-0.2, 0) is 19.1 Å². The smallest absolute Gasteiger partial charge is 0.349 e. The van der Waals surface area contributed by atoms with Crippen LogP contribution in [0.5, 0.6) is 0 Å². The molecule has 0 saturated carbocycles. The van der Waals surface area contributed by atoms with Crippen molar-refractivity contribution in [1.82, 2.24) is 0 Å². The molecular formula is C19H18O5S. The van der Waals surface area contributed by atoms with E-state index in [4.69, 9.17) is 4.74 Å². The van der Waals surface area contributed by atoms with Gasteiger partial charge in [0.2, 0.25) is 6.10 Å². The number of carboxylic acid groups (broad SMARTS) is 1. The molecule has 2 unspecified atom stereocenters. The molecule has 0 fully saturated rings. The van der Waals surface area contributed by atoms with E-state index in [0.29, 0.717) is 11.1 Å². The third-order valence-corrected chi connectivity index (χ3v) is 4.41. The quantitative estimate of drug-likeness (QED) is 0.764. The van der Waals surface area contributed by atoms with E-state index in [2.05, 4.69) is 0 Å². The van der Waals surface area contributed by atoms with Crippen molar-refractivity contribution in [2.75, 3.05) is 5.75 Å². The van der Waals surface area contributed by atoms with Crippen LogP contribution in [0.15, 0.2) is 60.7 Å². The second-order valence-corrected chi connectivity index (χ2v) is 6.53. The SMILES string of the molecule is CC(=O)SCC(C(=O)OC(C(=O)O)c1ccccc1)c1ccccc1. The largest absolute Gasteiger partial charge is 0.478 e. The highest BCUT2D eigenvalue weighted by atomic mass is 32.2. The molecule has 1 N–H and O–H groups in total. The van der Waals surface area contributed by atoms with Crippen molar-refractivity contribution in [1.29, 1.82) is 0 Å². The third kappa shape index (κ3) is 5.46. The number of aliphatic carboxylic acids is 1. The Bertz CT molecular complexity index is 730. The summed E-state index contributed by atoms with van der Waals surface area (Å²) < 4.78 is 5.28. The molecule has 0 aliphatic heterocycles. The first kappa shape index (κ1) is 18.7.